The fraction of sp³-hybridized carbons (Fsp3) is 1.00. The number of hydrogen-bond donors (Lipinski definition) is 1. The maximum Gasteiger partial charge on any atom is 0.00951 e. The molecule has 2 fully saturated rings. The summed E-state index contributed by atoms with van der Waals surface area (Å²) in [4.78, 5) is 2.78. The van der Waals surface area contributed by atoms with Crippen molar-refractivity contribution in [1.82, 2.24) is 10.2 Å². The normalized spacial score (nSPS) is 32.1. The zero-order chi connectivity index (χ0) is 11.2. The van der Waals surface area contributed by atoms with Gasteiger partial charge in [0.25, 0.3) is 0 Å². The summed E-state index contributed by atoms with van der Waals surface area (Å²) in [6.07, 6.45) is 9.96. The molecule has 1 N–H and O–H groups in total. The molecule has 0 aromatic rings. The van der Waals surface area contributed by atoms with Crippen LogP contribution in [0.2, 0.25) is 0 Å². The molecule has 16 heavy (non-hydrogen) atoms. The summed E-state index contributed by atoms with van der Waals surface area (Å²) in [7, 11) is 0. The van der Waals surface area contributed by atoms with E-state index in [9.17, 15) is 0 Å². The van der Waals surface area contributed by atoms with E-state index in [1.54, 1.807) is 0 Å². The van der Waals surface area contributed by atoms with Crippen molar-refractivity contribution in [3.63, 3.8) is 0 Å². The fourth-order valence-corrected chi connectivity index (χ4v) is 3.32. The summed E-state index contributed by atoms with van der Waals surface area (Å²) in [5, 5.41) is 3.48. The average molecular weight is 224 g/mol. The summed E-state index contributed by atoms with van der Waals surface area (Å²) >= 11 is 0. The van der Waals surface area contributed by atoms with Crippen LogP contribution in [-0.2, 0) is 0 Å². The third-order valence-electron chi connectivity index (χ3n) is 4.36. The Labute approximate surface area is 101 Å². The van der Waals surface area contributed by atoms with Crippen LogP contribution in [0.25, 0.3) is 0 Å². The van der Waals surface area contributed by atoms with Crippen molar-refractivity contribution in [2.45, 2.75) is 57.9 Å². The Kier molecular flexibility index (Phi) is 5.11. The number of hydrogen-bond acceptors (Lipinski definition) is 2. The Morgan fingerprint density at radius 2 is 2.12 bits per heavy atom. The van der Waals surface area contributed by atoms with Crippen molar-refractivity contribution in [2.24, 2.45) is 5.92 Å². The molecule has 0 spiro atoms. The molecule has 0 bridgehead atoms. The molecule has 2 saturated heterocycles. The van der Waals surface area contributed by atoms with Crippen molar-refractivity contribution in [2.75, 3.05) is 26.2 Å². The second kappa shape index (κ2) is 6.61. The Balaban J connectivity index is 1.72. The second-order valence-electron chi connectivity index (χ2n) is 5.62. The summed E-state index contributed by atoms with van der Waals surface area (Å²) in [6, 6.07) is 0.910. The highest BCUT2D eigenvalue weighted by Crippen LogP contribution is 2.22. The largest absolute Gasteiger partial charge is 0.316 e. The molecular formula is C14H28N2. The van der Waals surface area contributed by atoms with Gasteiger partial charge >= 0.3 is 0 Å². The van der Waals surface area contributed by atoms with Gasteiger partial charge in [0.1, 0.15) is 0 Å². The Morgan fingerprint density at radius 3 is 2.88 bits per heavy atom. The Morgan fingerprint density at radius 1 is 1.19 bits per heavy atom. The predicted molar refractivity (Wildman–Crippen MR) is 69.7 cm³/mol. The first-order chi connectivity index (χ1) is 7.90. The topological polar surface area (TPSA) is 15.3 Å². The lowest BCUT2D eigenvalue weighted by molar-refractivity contribution is 0.131. The molecule has 0 aromatic heterocycles. The van der Waals surface area contributed by atoms with Crippen molar-refractivity contribution >= 4 is 0 Å². The number of likely N-dealkylation sites (tertiary alicyclic amines) is 1. The third kappa shape index (κ3) is 3.46. The standard InChI is InChI=1S/C14H28N2/c1-2-5-14-6-3-4-10-16(14)11-8-13-7-9-15-12-13/h13-15H,2-12H2,1H3. The van der Waals surface area contributed by atoms with E-state index in [0.29, 0.717) is 0 Å². The first-order valence-electron chi connectivity index (χ1n) is 7.35. The molecule has 0 amide bonds. The van der Waals surface area contributed by atoms with Crippen LogP contribution in [0.15, 0.2) is 0 Å². The van der Waals surface area contributed by atoms with Crippen LogP contribution in [0, 0.1) is 5.92 Å². The summed E-state index contributed by atoms with van der Waals surface area (Å²) in [6.45, 7) is 7.57. The van der Waals surface area contributed by atoms with Crippen LogP contribution >= 0.6 is 0 Å². The summed E-state index contributed by atoms with van der Waals surface area (Å²) < 4.78 is 0. The molecule has 2 unspecified atom stereocenters. The van der Waals surface area contributed by atoms with Gasteiger partial charge in [0, 0.05) is 6.04 Å². The van der Waals surface area contributed by atoms with E-state index in [2.05, 4.69) is 17.1 Å². The van der Waals surface area contributed by atoms with Gasteiger partial charge in [-0.15, -0.1) is 0 Å². The molecule has 0 saturated carbocycles. The Bertz CT molecular complexity index is 185. The molecule has 0 radical (unpaired) electrons. The maximum atomic E-state index is 3.48. The Hall–Kier alpha value is -0.0800. The highest BCUT2D eigenvalue weighted by molar-refractivity contribution is 4.79. The van der Waals surface area contributed by atoms with Gasteiger partial charge < -0.3 is 10.2 Å². The summed E-state index contributed by atoms with van der Waals surface area (Å²) in [5.74, 6) is 0.962. The number of piperidine rings is 1. The van der Waals surface area contributed by atoms with Crippen molar-refractivity contribution in [3.05, 3.63) is 0 Å². The second-order valence-corrected chi connectivity index (χ2v) is 5.62. The molecule has 2 aliphatic heterocycles. The average Bonchev–Trinajstić information content (AvgIpc) is 2.81. The van der Waals surface area contributed by atoms with E-state index < -0.39 is 0 Å². The minimum Gasteiger partial charge on any atom is -0.316 e. The number of nitrogens with zero attached hydrogens (tertiary/aromatic N) is 1. The van der Waals surface area contributed by atoms with Gasteiger partial charge in [-0.25, -0.2) is 0 Å². The highest BCUT2D eigenvalue weighted by Gasteiger charge is 2.23. The SMILES string of the molecule is CCCC1CCCCN1CCC1CCNC1. The van der Waals surface area contributed by atoms with Gasteiger partial charge in [-0.05, 0) is 64.2 Å². The lowest BCUT2D eigenvalue weighted by Gasteiger charge is -2.36. The van der Waals surface area contributed by atoms with Gasteiger partial charge in [0.05, 0.1) is 0 Å². The molecule has 0 aliphatic carbocycles. The lowest BCUT2D eigenvalue weighted by Crippen LogP contribution is -2.40. The van der Waals surface area contributed by atoms with Crippen LogP contribution in [-0.4, -0.2) is 37.1 Å². The van der Waals surface area contributed by atoms with Gasteiger partial charge in [-0.3, -0.25) is 0 Å². The monoisotopic (exact) mass is 224 g/mol. The zero-order valence-corrected chi connectivity index (χ0v) is 10.9. The van der Waals surface area contributed by atoms with Crippen LogP contribution in [0.5, 0.6) is 0 Å². The molecular weight excluding hydrogens is 196 g/mol. The molecule has 0 aromatic carbocycles. The van der Waals surface area contributed by atoms with E-state index in [4.69, 9.17) is 0 Å². The molecule has 2 nitrogen and oxygen atoms in total. The third-order valence-corrected chi connectivity index (χ3v) is 4.36. The van der Waals surface area contributed by atoms with Crippen LogP contribution in [0.1, 0.15) is 51.9 Å². The van der Waals surface area contributed by atoms with E-state index >= 15 is 0 Å². The summed E-state index contributed by atoms with van der Waals surface area (Å²) in [5.41, 5.74) is 0. The van der Waals surface area contributed by atoms with E-state index in [1.807, 2.05) is 0 Å². The van der Waals surface area contributed by atoms with Gasteiger partial charge in [-0.1, -0.05) is 19.8 Å². The van der Waals surface area contributed by atoms with Gasteiger partial charge in [-0.2, -0.15) is 0 Å². The minimum absolute atomic E-state index is 0.910. The smallest absolute Gasteiger partial charge is 0.00951 e. The van der Waals surface area contributed by atoms with E-state index in [-0.39, 0.29) is 0 Å². The van der Waals surface area contributed by atoms with E-state index in [1.165, 1.54) is 71.1 Å². The van der Waals surface area contributed by atoms with Crippen molar-refractivity contribution in [1.29, 1.82) is 0 Å². The van der Waals surface area contributed by atoms with Crippen LogP contribution < -0.4 is 5.32 Å². The first-order valence-corrected chi connectivity index (χ1v) is 7.35. The van der Waals surface area contributed by atoms with Gasteiger partial charge in [0.15, 0.2) is 0 Å². The number of rotatable bonds is 5. The molecule has 2 aliphatic rings. The maximum absolute atomic E-state index is 3.48. The van der Waals surface area contributed by atoms with Crippen LogP contribution in [0.4, 0.5) is 0 Å². The molecule has 2 heterocycles. The highest BCUT2D eigenvalue weighted by atomic mass is 15.2. The molecule has 2 rings (SSSR count). The lowest BCUT2D eigenvalue weighted by atomic mass is 9.96. The van der Waals surface area contributed by atoms with Gasteiger partial charge in [0.2, 0.25) is 0 Å². The van der Waals surface area contributed by atoms with Crippen LogP contribution in [0.3, 0.4) is 0 Å². The van der Waals surface area contributed by atoms with E-state index in [0.717, 1.165) is 12.0 Å². The molecule has 2 heteroatoms. The zero-order valence-electron chi connectivity index (χ0n) is 10.9. The molecule has 94 valence electrons. The molecule has 2 atom stereocenters. The van der Waals surface area contributed by atoms with Crippen molar-refractivity contribution < 1.29 is 0 Å². The predicted octanol–water partition coefficient (Wildman–Crippen LogP) is 2.64. The first kappa shape index (κ1) is 12.4. The van der Waals surface area contributed by atoms with Crippen molar-refractivity contribution in [3.8, 4) is 0 Å². The fourth-order valence-electron chi connectivity index (χ4n) is 3.32. The minimum atomic E-state index is 0.910. The number of nitrogens with one attached hydrogen (secondary N) is 1. The quantitative estimate of drug-likeness (QED) is 0.772.